The Bertz CT molecular complexity index is 487. The van der Waals surface area contributed by atoms with Crippen LogP contribution in [0.1, 0.15) is 36.5 Å². The molecule has 0 spiro atoms. The number of hydrogen-bond donors (Lipinski definition) is 1. The zero-order valence-electron chi connectivity index (χ0n) is 10.1. The Balaban J connectivity index is 1.84. The molecule has 2 aliphatic rings. The van der Waals surface area contributed by atoms with Crippen molar-refractivity contribution in [2.24, 2.45) is 17.8 Å². The number of alkyl halides is 3. The fraction of sp³-hybridized carbons (Fsp3) is 0.571. The van der Waals surface area contributed by atoms with Crippen LogP contribution < -0.4 is 0 Å². The summed E-state index contributed by atoms with van der Waals surface area (Å²) in [5, 5.41) is 10.1. The van der Waals surface area contributed by atoms with Crippen molar-refractivity contribution >= 4 is 0 Å². The third-order valence-corrected chi connectivity index (χ3v) is 4.36. The highest BCUT2D eigenvalue weighted by Crippen LogP contribution is 2.57. The Labute approximate surface area is 108 Å². The molecule has 0 aliphatic heterocycles. The lowest BCUT2D eigenvalue weighted by atomic mass is 9.91. The SMILES string of the molecule is OC(c1ccc(F)c(C(F)(F)F)c1)C1CC2CC2C1. The molecule has 1 nitrogen and oxygen atoms in total. The van der Waals surface area contributed by atoms with E-state index in [0.717, 1.165) is 25.0 Å². The van der Waals surface area contributed by atoms with Crippen LogP contribution in [0.25, 0.3) is 0 Å². The standard InChI is InChI=1S/C14H14F4O/c15-12-2-1-7(6-11(12)14(16,17)18)13(19)10-4-8-3-9(8)5-10/h1-2,6,8-10,13,19H,3-5H2. The van der Waals surface area contributed by atoms with E-state index < -0.39 is 23.7 Å². The third-order valence-electron chi connectivity index (χ3n) is 4.36. The first-order chi connectivity index (χ1) is 8.86. The van der Waals surface area contributed by atoms with E-state index >= 15 is 0 Å². The Kier molecular flexibility index (Phi) is 2.85. The summed E-state index contributed by atoms with van der Waals surface area (Å²) in [6.45, 7) is 0. The van der Waals surface area contributed by atoms with Crippen LogP contribution in [-0.2, 0) is 6.18 Å². The molecule has 3 unspecified atom stereocenters. The van der Waals surface area contributed by atoms with E-state index in [0.29, 0.717) is 11.8 Å². The summed E-state index contributed by atoms with van der Waals surface area (Å²) in [5.74, 6) is -0.00242. The summed E-state index contributed by atoms with van der Waals surface area (Å²) in [6, 6.07) is 2.78. The van der Waals surface area contributed by atoms with E-state index in [9.17, 15) is 22.7 Å². The number of aliphatic hydroxyl groups is 1. The lowest BCUT2D eigenvalue weighted by molar-refractivity contribution is -0.140. The summed E-state index contributed by atoms with van der Waals surface area (Å²) in [4.78, 5) is 0. The Morgan fingerprint density at radius 3 is 2.32 bits per heavy atom. The molecule has 0 amide bonds. The van der Waals surface area contributed by atoms with Crippen molar-refractivity contribution in [2.75, 3.05) is 0 Å². The minimum Gasteiger partial charge on any atom is -0.388 e. The molecule has 0 aromatic heterocycles. The first-order valence-electron chi connectivity index (χ1n) is 6.41. The number of halogens is 4. The normalized spacial score (nSPS) is 31.1. The first kappa shape index (κ1) is 12.9. The molecule has 2 fully saturated rings. The average Bonchev–Trinajstić information content (AvgIpc) is 2.94. The van der Waals surface area contributed by atoms with Crippen molar-refractivity contribution in [3.05, 3.63) is 35.1 Å². The van der Waals surface area contributed by atoms with Gasteiger partial charge in [-0.15, -0.1) is 0 Å². The summed E-state index contributed by atoms with van der Waals surface area (Å²) in [5.41, 5.74) is -1.13. The molecule has 2 aliphatic carbocycles. The van der Waals surface area contributed by atoms with Crippen molar-refractivity contribution in [1.82, 2.24) is 0 Å². The maximum absolute atomic E-state index is 13.2. The van der Waals surface area contributed by atoms with Gasteiger partial charge in [-0.1, -0.05) is 6.07 Å². The first-order valence-corrected chi connectivity index (χ1v) is 6.41. The molecule has 0 bridgehead atoms. The zero-order valence-corrected chi connectivity index (χ0v) is 10.1. The van der Waals surface area contributed by atoms with Gasteiger partial charge in [-0.2, -0.15) is 13.2 Å². The molecule has 19 heavy (non-hydrogen) atoms. The third kappa shape index (κ3) is 2.36. The molecule has 3 atom stereocenters. The Morgan fingerprint density at radius 1 is 1.11 bits per heavy atom. The Morgan fingerprint density at radius 2 is 1.74 bits per heavy atom. The second-order valence-electron chi connectivity index (χ2n) is 5.67. The van der Waals surface area contributed by atoms with Gasteiger partial charge in [0.25, 0.3) is 0 Å². The van der Waals surface area contributed by atoms with Crippen molar-refractivity contribution in [1.29, 1.82) is 0 Å². The van der Waals surface area contributed by atoms with E-state index in [-0.39, 0.29) is 11.5 Å². The van der Waals surface area contributed by atoms with Crippen LogP contribution in [0.15, 0.2) is 18.2 Å². The monoisotopic (exact) mass is 274 g/mol. The molecule has 1 N–H and O–H groups in total. The molecular formula is C14H14F4O. The van der Waals surface area contributed by atoms with Gasteiger partial charge in [0.2, 0.25) is 0 Å². The van der Waals surface area contributed by atoms with Gasteiger partial charge in [-0.05, 0) is 54.7 Å². The molecule has 0 heterocycles. The van der Waals surface area contributed by atoms with Gasteiger partial charge in [-0.25, -0.2) is 4.39 Å². The van der Waals surface area contributed by atoms with Gasteiger partial charge < -0.3 is 5.11 Å². The van der Waals surface area contributed by atoms with Gasteiger partial charge in [0.15, 0.2) is 0 Å². The maximum atomic E-state index is 13.2. The summed E-state index contributed by atoms with van der Waals surface area (Å²) in [7, 11) is 0. The number of aliphatic hydroxyl groups excluding tert-OH is 1. The maximum Gasteiger partial charge on any atom is 0.419 e. The van der Waals surface area contributed by atoms with Gasteiger partial charge in [0, 0.05) is 0 Å². The predicted molar refractivity (Wildman–Crippen MR) is 60.7 cm³/mol. The summed E-state index contributed by atoms with van der Waals surface area (Å²) < 4.78 is 51.0. The number of fused-ring (bicyclic) bond motifs is 1. The minimum atomic E-state index is -4.72. The zero-order chi connectivity index (χ0) is 13.8. The van der Waals surface area contributed by atoms with Crippen LogP contribution in [-0.4, -0.2) is 5.11 Å². The fourth-order valence-corrected chi connectivity index (χ4v) is 3.24. The molecule has 0 saturated heterocycles. The summed E-state index contributed by atoms with van der Waals surface area (Å²) >= 11 is 0. The lowest BCUT2D eigenvalue weighted by Crippen LogP contribution is -2.14. The fourth-order valence-electron chi connectivity index (χ4n) is 3.24. The largest absolute Gasteiger partial charge is 0.419 e. The van der Waals surface area contributed by atoms with Crippen LogP contribution in [0.4, 0.5) is 17.6 Å². The van der Waals surface area contributed by atoms with Crippen LogP contribution >= 0.6 is 0 Å². The van der Waals surface area contributed by atoms with Crippen molar-refractivity contribution in [2.45, 2.75) is 31.5 Å². The quantitative estimate of drug-likeness (QED) is 0.810. The molecular weight excluding hydrogens is 260 g/mol. The molecule has 5 heteroatoms. The Hall–Kier alpha value is -1.10. The smallest absolute Gasteiger partial charge is 0.388 e. The van der Waals surface area contributed by atoms with Crippen molar-refractivity contribution in [3.8, 4) is 0 Å². The van der Waals surface area contributed by atoms with E-state index in [2.05, 4.69) is 0 Å². The van der Waals surface area contributed by atoms with Crippen LogP contribution in [0.3, 0.4) is 0 Å². The van der Waals surface area contributed by atoms with Gasteiger partial charge in [-0.3, -0.25) is 0 Å². The topological polar surface area (TPSA) is 20.2 Å². The van der Waals surface area contributed by atoms with Crippen molar-refractivity contribution < 1.29 is 22.7 Å². The predicted octanol–water partition coefficient (Wildman–Crippen LogP) is 3.92. The minimum absolute atomic E-state index is 0.00953. The van der Waals surface area contributed by atoms with Gasteiger partial charge >= 0.3 is 6.18 Å². The highest BCUT2D eigenvalue weighted by atomic mass is 19.4. The highest BCUT2D eigenvalue weighted by molar-refractivity contribution is 5.29. The number of rotatable bonds is 2. The van der Waals surface area contributed by atoms with E-state index in [1.807, 2.05) is 0 Å². The second kappa shape index (κ2) is 4.20. The number of benzene rings is 1. The summed E-state index contributed by atoms with van der Waals surface area (Å²) in [6.07, 6.45) is -2.73. The van der Waals surface area contributed by atoms with Crippen molar-refractivity contribution in [3.63, 3.8) is 0 Å². The molecule has 104 valence electrons. The highest BCUT2D eigenvalue weighted by Gasteiger charge is 2.48. The van der Waals surface area contributed by atoms with E-state index in [4.69, 9.17) is 0 Å². The van der Waals surface area contributed by atoms with Crippen LogP contribution in [0.5, 0.6) is 0 Å². The molecule has 1 aromatic rings. The second-order valence-corrected chi connectivity index (χ2v) is 5.67. The molecule has 1 aromatic carbocycles. The molecule has 0 radical (unpaired) electrons. The van der Waals surface area contributed by atoms with Gasteiger partial charge in [0.1, 0.15) is 5.82 Å². The van der Waals surface area contributed by atoms with E-state index in [1.54, 1.807) is 0 Å². The molecule has 2 saturated carbocycles. The van der Waals surface area contributed by atoms with Crippen LogP contribution in [0, 0.1) is 23.6 Å². The lowest BCUT2D eigenvalue weighted by Gasteiger charge is -2.21. The molecule has 3 rings (SSSR count). The average molecular weight is 274 g/mol. The van der Waals surface area contributed by atoms with E-state index in [1.165, 1.54) is 12.5 Å². The van der Waals surface area contributed by atoms with Crippen LogP contribution in [0.2, 0.25) is 0 Å². The van der Waals surface area contributed by atoms with Gasteiger partial charge in [0.05, 0.1) is 11.7 Å². The number of hydrogen-bond acceptors (Lipinski definition) is 1.